The predicted molar refractivity (Wildman–Crippen MR) is 233 cm³/mol. The van der Waals surface area contributed by atoms with Gasteiger partial charge < -0.3 is 97.0 Å². The van der Waals surface area contributed by atoms with Gasteiger partial charge in [0.2, 0.25) is 5.79 Å². The molecule has 0 aromatic heterocycles. The van der Waals surface area contributed by atoms with Gasteiger partial charge in [-0.05, 0) is 64.2 Å². The molecule has 7 heterocycles. The molecule has 25 unspecified atom stereocenters. The second kappa shape index (κ2) is 20.4. The number of methoxy groups -OCH3 is 3. The highest BCUT2D eigenvalue weighted by atomic mass is 16.8. The molecule has 21 heteroatoms. The van der Waals surface area contributed by atoms with Gasteiger partial charge in [0, 0.05) is 53.1 Å². The predicted octanol–water partition coefficient (Wildman–Crippen LogP) is 0.598. The number of fused-ring (bicyclic) bond motifs is 3. The van der Waals surface area contributed by atoms with Crippen LogP contribution in [0.4, 0.5) is 0 Å². The van der Waals surface area contributed by atoms with Crippen molar-refractivity contribution >= 4 is 5.97 Å². The number of aliphatic hydroxyl groups is 6. The summed E-state index contributed by atoms with van der Waals surface area (Å²) in [6.07, 6.45) is -9.81. The quantitative estimate of drug-likeness (QED) is 0.115. The van der Waals surface area contributed by atoms with Crippen molar-refractivity contribution in [2.24, 2.45) is 17.3 Å². The summed E-state index contributed by atoms with van der Waals surface area (Å²) in [5.41, 5.74) is -0.315. The molecule has 25 atom stereocenters. The zero-order valence-electron chi connectivity index (χ0n) is 40.7. The Morgan fingerprint density at radius 3 is 1.86 bits per heavy atom. The van der Waals surface area contributed by atoms with Gasteiger partial charge >= 0.3 is 5.97 Å². The summed E-state index contributed by atoms with van der Waals surface area (Å²) in [4.78, 5) is 13.8. The van der Waals surface area contributed by atoms with Crippen molar-refractivity contribution in [3.8, 4) is 0 Å². The van der Waals surface area contributed by atoms with Gasteiger partial charge in [-0.15, -0.1) is 0 Å². The number of esters is 1. The van der Waals surface area contributed by atoms with E-state index in [9.17, 15) is 35.4 Å². The van der Waals surface area contributed by atoms with Gasteiger partial charge in [0.25, 0.3) is 0 Å². The highest BCUT2D eigenvalue weighted by molar-refractivity contribution is 5.74. The van der Waals surface area contributed by atoms with Crippen LogP contribution in [0.5, 0.6) is 0 Å². The molecule has 9 rings (SSSR count). The Morgan fingerprint density at radius 1 is 0.725 bits per heavy atom. The normalized spacial score (nSPS) is 52.2. The van der Waals surface area contributed by atoms with Crippen molar-refractivity contribution in [3.05, 3.63) is 23.5 Å². The maximum Gasteiger partial charge on any atom is 0.310 e. The number of aliphatic hydroxyl groups excluding tert-OH is 5. The average Bonchev–Trinajstić information content (AvgIpc) is 3.73. The Bertz CT molecular complexity index is 1870. The molecule has 0 bridgehead atoms. The standard InChI is InChI=1S/C48H74O21/c1-21-41(67-36-15-31(57-7)42(22(2)62-36)68-37-16-32(58-8)43(23(3)63-37)69-45-40(53)39(52)38(51)33(18-49)65-45)30(56-6)14-35(61-21)64-29-13-24-9-11-26-27(46(24,4)17-28(29)50)12-10-25-19-59-47(5)48(25,55)34(20-60-47)66-44(26)54/h9,19,21-23,26-43,45,49-53,55H,10-18,20H2,1-8H3. The Kier molecular flexibility index (Phi) is 15.3. The van der Waals surface area contributed by atoms with Crippen LogP contribution in [0.25, 0.3) is 0 Å². The summed E-state index contributed by atoms with van der Waals surface area (Å²) in [6, 6.07) is 0. The fourth-order valence-corrected chi connectivity index (χ4v) is 12.8. The smallest absolute Gasteiger partial charge is 0.310 e. The molecule has 0 spiro atoms. The van der Waals surface area contributed by atoms with E-state index in [4.69, 9.17) is 66.3 Å². The molecule has 9 aliphatic rings. The molecule has 0 radical (unpaired) electrons. The zero-order valence-corrected chi connectivity index (χ0v) is 40.7. The number of carbonyl (C=O) groups excluding carboxylic acids is 1. The number of rotatable bonds is 12. The lowest BCUT2D eigenvalue weighted by Crippen LogP contribution is -2.62. The van der Waals surface area contributed by atoms with Crippen LogP contribution in [0.1, 0.15) is 86.0 Å². The largest absolute Gasteiger partial charge is 0.466 e. The third-order valence-corrected chi connectivity index (χ3v) is 16.9. The van der Waals surface area contributed by atoms with Gasteiger partial charge in [-0.3, -0.25) is 4.79 Å². The molecule has 69 heavy (non-hydrogen) atoms. The number of carbonyl (C=O) groups is 1. The summed E-state index contributed by atoms with van der Waals surface area (Å²) in [7, 11) is 4.71. The number of hydrogen-bond acceptors (Lipinski definition) is 21. The second-order valence-electron chi connectivity index (χ2n) is 20.8. The third kappa shape index (κ3) is 9.36. The van der Waals surface area contributed by atoms with E-state index < -0.39 is 152 Å². The van der Waals surface area contributed by atoms with E-state index in [2.05, 4.69) is 13.0 Å². The highest BCUT2D eigenvalue weighted by Crippen LogP contribution is 2.58. The Balaban J connectivity index is 0.782. The zero-order chi connectivity index (χ0) is 49.3. The molecule has 7 aliphatic heterocycles. The Hall–Kier alpha value is -1.97. The van der Waals surface area contributed by atoms with E-state index in [1.54, 1.807) is 34.3 Å². The fraction of sp³-hybridized carbons (Fsp3) is 0.896. The molecular formula is C48H74O21. The van der Waals surface area contributed by atoms with Crippen LogP contribution in [0, 0.1) is 17.3 Å². The van der Waals surface area contributed by atoms with E-state index in [0.29, 0.717) is 50.5 Å². The van der Waals surface area contributed by atoms with Crippen LogP contribution in [0.2, 0.25) is 0 Å². The first-order valence-corrected chi connectivity index (χ1v) is 24.6. The van der Waals surface area contributed by atoms with Crippen LogP contribution < -0.4 is 0 Å². The lowest BCUT2D eigenvalue weighted by molar-refractivity contribution is -0.357. The van der Waals surface area contributed by atoms with E-state index >= 15 is 0 Å². The SMILES string of the molecule is COC1CC(OC2CC3=CCC4C(=O)OC5COC6(C)OC=C(CCC4C3(C)CC2O)C56O)OC(C)C1OC1CC(OC)C(OC2CC(OC)C(OC3OC(CO)C(O)C(O)C3O)C(C)O2)C(C)O1. The fourth-order valence-electron chi connectivity index (χ4n) is 12.8. The molecule has 6 N–H and O–H groups in total. The van der Waals surface area contributed by atoms with Crippen LogP contribution in [-0.4, -0.2) is 205 Å². The first kappa shape index (κ1) is 51.9. The molecule has 21 nitrogen and oxygen atoms in total. The summed E-state index contributed by atoms with van der Waals surface area (Å²) in [5.74, 6) is -2.29. The lowest BCUT2D eigenvalue weighted by atomic mass is 9.55. The minimum absolute atomic E-state index is 0.0378. The van der Waals surface area contributed by atoms with Gasteiger partial charge in [0.1, 0.15) is 42.7 Å². The summed E-state index contributed by atoms with van der Waals surface area (Å²) in [5, 5.41) is 64.4. The minimum atomic E-state index is -1.60. The molecule has 0 amide bonds. The number of allylic oxidation sites excluding steroid dienone is 1. The molecule has 0 aromatic rings. The van der Waals surface area contributed by atoms with Crippen molar-refractivity contribution in [2.45, 2.75) is 220 Å². The topological polar surface area (TPSA) is 268 Å². The molecular weight excluding hydrogens is 913 g/mol. The van der Waals surface area contributed by atoms with Gasteiger partial charge in [-0.2, -0.15) is 0 Å². The van der Waals surface area contributed by atoms with E-state index in [0.717, 1.165) is 5.57 Å². The first-order chi connectivity index (χ1) is 32.9. The Morgan fingerprint density at radius 2 is 1.29 bits per heavy atom. The van der Waals surface area contributed by atoms with E-state index in [1.165, 1.54) is 7.11 Å². The molecule has 392 valence electrons. The number of ether oxygens (including phenoxy) is 14. The summed E-state index contributed by atoms with van der Waals surface area (Å²) >= 11 is 0. The maximum atomic E-state index is 13.8. The van der Waals surface area contributed by atoms with Crippen LogP contribution in [0.3, 0.4) is 0 Å². The van der Waals surface area contributed by atoms with Gasteiger partial charge in [0.15, 0.2) is 36.9 Å². The van der Waals surface area contributed by atoms with Crippen molar-refractivity contribution in [2.75, 3.05) is 34.5 Å². The second-order valence-corrected chi connectivity index (χ2v) is 20.8. The van der Waals surface area contributed by atoms with Crippen LogP contribution in [-0.2, 0) is 71.1 Å². The van der Waals surface area contributed by atoms with Crippen LogP contribution in [0.15, 0.2) is 23.5 Å². The summed E-state index contributed by atoms with van der Waals surface area (Å²) < 4.78 is 85.8. The van der Waals surface area contributed by atoms with Gasteiger partial charge in [-0.1, -0.05) is 18.6 Å². The molecule has 0 aromatic carbocycles. The minimum Gasteiger partial charge on any atom is -0.466 e. The summed E-state index contributed by atoms with van der Waals surface area (Å²) in [6.45, 7) is 8.74. The van der Waals surface area contributed by atoms with Crippen molar-refractivity contribution in [1.82, 2.24) is 0 Å². The van der Waals surface area contributed by atoms with Crippen molar-refractivity contribution in [3.63, 3.8) is 0 Å². The van der Waals surface area contributed by atoms with Gasteiger partial charge in [-0.25, -0.2) is 0 Å². The maximum absolute atomic E-state index is 13.8. The first-order valence-electron chi connectivity index (χ1n) is 24.6. The molecule has 2 aliphatic carbocycles. The van der Waals surface area contributed by atoms with Crippen LogP contribution >= 0.6 is 0 Å². The van der Waals surface area contributed by atoms with E-state index in [1.807, 2.05) is 13.8 Å². The molecule has 6 saturated heterocycles. The van der Waals surface area contributed by atoms with Crippen molar-refractivity contribution in [1.29, 1.82) is 0 Å². The Labute approximate surface area is 402 Å². The number of hydrogen-bond donors (Lipinski definition) is 6. The highest BCUT2D eigenvalue weighted by Gasteiger charge is 2.68. The van der Waals surface area contributed by atoms with E-state index in [-0.39, 0.29) is 24.9 Å². The molecule has 1 saturated carbocycles. The third-order valence-electron chi connectivity index (χ3n) is 16.9. The average molecular weight is 987 g/mol. The van der Waals surface area contributed by atoms with Gasteiger partial charge in [0.05, 0.1) is 74.2 Å². The van der Waals surface area contributed by atoms with Crippen molar-refractivity contribution < 1.29 is 102 Å². The monoisotopic (exact) mass is 986 g/mol. The molecule has 7 fully saturated rings. The lowest BCUT2D eigenvalue weighted by Gasteiger charge is -2.52.